The van der Waals surface area contributed by atoms with Gasteiger partial charge in [-0.05, 0) is 60.9 Å². The Morgan fingerprint density at radius 2 is 1.55 bits per heavy atom. The van der Waals surface area contributed by atoms with E-state index in [1.165, 1.54) is 5.56 Å². The maximum Gasteiger partial charge on any atom is 0.252 e. The van der Waals surface area contributed by atoms with Crippen molar-refractivity contribution in [1.29, 1.82) is 0 Å². The summed E-state index contributed by atoms with van der Waals surface area (Å²) in [7, 11) is 1.65. The van der Waals surface area contributed by atoms with E-state index in [0.29, 0.717) is 42.1 Å². The van der Waals surface area contributed by atoms with Crippen LogP contribution in [0.5, 0.6) is 17.2 Å². The third-order valence-electron chi connectivity index (χ3n) is 7.04. The minimum atomic E-state index is -0.801. The third-order valence-corrected chi connectivity index (χ3v) is 7.04. The van der Waals surface area contributed by atoms with Crippen molar-refractivity contribution in [3.8, 4) is 17.2 Å². The molecule has 6 heteroatoms. The van der Waals surface area contributed by atoms with Crippen LogP contribution < -0.4 is 20.1 Å². The molecule has 4 aromatic rings. The van der Waals surface area contributed by atoms with Crippen molar-refractivity contribution < 1.29 is 19.4 Å². The second-order valence-electron chi connectivity index (χ2n) is 9.83. The van der Waals surface area contributed by atoms with Crippen LogP contribution >= 0.6 is 0 Å². The highest BCUT2D eigenvalue weighted by molar-refractivity contribution is 6.25. The van der Waals surface area contributed by atoms with Crippen molar-refractivity contribution in [2.24, 2.45) is 0 Å². The van der Waals surface area contributed by atoms with Crippen molar-refractivity contribution in [2.75, 3.05) is 20.2 Å². The number of rotatable bonds is 11. The van der Waals surface area contributed by atoms with E-state index in [1.807, 2.05) is 109 Å². The van der Waals surface area contributed by atoms with E-state index in [-0.39, 0.29) is 5.91 Å². The summed E-state index contributed by atoms with van der Waals surface area (Å²) in [5.74, 6) is 1.88. The summed E-state index contributed by atoms with van der Waals surface area (Å²) in [6.07, 6.45) is 2.37. The van der Waals surface area contributed by atoms with E-state index in [4.69, 9.17) is 9.47 Å². The first-order valence-corrected chi connectivity index (χ1v) is 13.5. The normalized spacial score (nSPS) is 13.5. The molecule has 204 valence electrons. The SMILES string of the molecule is COc1ccc(CCNC[C@@H](O)[C@H](Cc2ccccc2)NC(=O)C2=Cc3ccccc3Oc3ccccc32)cc1. The molecule has 1 heterocycles. The van der Waals surface area contributed by atoms with E-state index >= 15 is 0 Å². The first-order chi connectivity index (χ1) is 19.6. The highest BCUT2D eigenvalue weighted by Gasteiger charge is 2.26. The summed E-state index contributed by atoms with van der Waals surface area (Å²) < 4.78 is 11.4. The molecule has 0 bridgehead atoms. The number of hydrogen-bond acceptors (Lipinski definition) is 5. The average Bonchev–Trinajstić information content (AvgIpc) is 3.16. The number of para-hydroxylation sites is 2. The van der Waals surface area contributed by atoms with Crippen LogP contribution in [0.1, 0.15) is 22.3 Å². The molecule has 0 spiro atoms. The van der Waals surface area contributed by atoms with Gasteiger partial charge >= 0.3 is 0 Å². The van der Waals surface area contributed by atoms with Crippen molar-refractivity contribution in [2.45, 2.75) is 25.0 Å². The first-order valence-electron chi connectivity index (χ1n) is 13.5. The van der Waals surface area contributed by atoms with Gasteiger partial charge in [-0.2, -0.15) is 0 Å². The average molecular weight is 535 g/mol. The molecule has 1 aliphatic heterocycles. The van der Waals surface area contributed by atoms with Crippen LogP contribution in [0.4, 0.5) is 0 Å². The van der Waals surface area contributed by atoms with Crippen molar-refractivity contribution in [3.05, 3.63) is 125 Å². The van der Waals surface area contributed by atoms with Crippen LogP contribution in [-0.4, -0.2) is 43.4 Å². The minimum Gasteiger partial charge on any atom is -0.497 e. The zero-order chi connectivity index (χ0) is 27.7. The van der Waals surface area contributed by atoms with Crippen LogP contribution in [0.3, 0.4) is 0 Å². The Morgan fingerprint density at radius 3 is 2.33 bits per heavy atom. The number of amides is 1. The number of methoxy groups -OCH3 is 1. The molecule has 3 N–H and O–H groups in total. The number of fused-ring (bicyclic) bond motifs is 2. The highest BCUT2D eigenvalue weighted by atomic mass is 16.5. The number of benzene rings is 4. The summed E-state index contributed by atoms with van der Waals surface area (Å²) in [4.78, 5) is 13.8. The number of carbonyl (C=O) groups excluding carboxylic acids is 1. The Labute approximate surface area is 235 Å². The molecular weight excluding hydrogens is 500 g/mol. The standard InChI is InChI=1S/C34H34N2O4/c1-39-27-17-15-24(16-18-27)19-20-35-23-31(37)30(21-25-9-3-2-4-10-25)36-34(38)29-22-26-11-5-7-13-32(26)40-33-14-8-6-12-28(29)33/h2-18,22,30-31,35,37H,19-21,23H2,1H3,(H,36,38)/t30-,31+/m0/s1. The third kappa shape index (κ3) is 6.78. The number of nitrogens with one attached hydrogen (secondary N) is 2. The van der Waals surface area contributed by atoms with Crippen LogP contribution in [0.2, 0.25) is 0 Å². The van der Waals surface area contributed by atoms with E-state index in [0.717, 1.165) is 23.3 Å². The fourth-order valence-corrected chi connectivity index (χ4v) is 4.83. The molecule has 1 amide bonds. The molecule has 2 atom stereocenters. The molecule has 0 aliphatic carbocycles. The highest BCUT2D eigenvalue weighted by Crippen LogP contribution is 2.37. The summed E-state index contributed by atoms with van der Waals surface area (Å²) in [6, 6.07) is 32.5. The lowest BCUT2D eigenvalue weighted by molar-refractivity contribution is -0.117. The quantitative estimate of drug-likeness (QED) is 0.229. The van der Waals surface area contributed by atoms with Gasteiger partial charge in [-0.1, -0.05) is 78.9 Å². The van der Waals surface area contributed by atoms with Crippen molar-refractivity contribution >= 4 is 17.6 Å². The Balaban J connectivity index is 1.31. The topological polar surface area (TPSA) is 79.8 Å². The lowest BCUT2D eigenvalue weighted by Gasteiger charge is -2.25. The predicted molar refractivity (Wildman–Crippen MR) is 158 cm³/mol. The summed E-state index contributed by atoms with van der Waals surface area (Å²) in [6.45, 7) is 1.04. The van der Waals surface area contributed by atoms with Crippen molar-refractivity contribution in [3.63, 3.8) is 0 Å². The molecule has 1 aliphatic rings. The fraction of sp³-hybridized carbons (Fsp3) is 0.206. The summed E-state index contributed by atoms with van der Waals surface area (Å²) in [5, 5.41) is 17.7. The lowest BCUT2D eigenvalue weighted by Crippen LogP contribution is -2.49. The van der Waals surface area contributed by atoms with E-state index < -0.39 is 12.1 Å². The van der Waals surface area contributed by atoms with Gasteiger partial charge in [0.15, 0.2) is 0 Å². The Morgan fingerprint density at radius 1 is 0.850 bits per heavy atom. The van der Waals surface area contributed by atoms with Gasteiger partial charge in [0.05, 0.1) is 24.8 Å². The number of carbonyl (C=O) groups is 1. The largest absolute Gasteiger partial charge is 0.497 e. The molecule has 0 aromatic heterocycles. The molecule has 0 radical (unpaired) electrons. The first kappa shape index (κ1) is 27.2. The van der Waals surface area contributed by atoms with Gasteiger partial charge in [-0.25, -0.2) is 0 Å². The van der Waals surface area contributed by atoms with E-state index in [9.17, 15) is 9.90 Å². The smallest absolute Gasteiger partial charge is 0.252 e. The molecule has 0 unspecified atom stereocenters. The zero-order valence-corrected chi connectivity index (χ0v) is 22.5. The maximum atomic E-state index is 13.8. The lowest BCUT2D eigenvalue weighted by atomic mass is 9.98. The Bertz CT molecular complexity index is 1450. The number of ether oxygens (including phenoxy) is 2. The van der Waals surface area contributed by atoms with E-state index in [1.54, 1.807) is 7.11 Å². The van der Waals surface area contributed by atoms with Crippen LogP contribution in [0, 0.1) is 0 Å². The molecule has 0 fully saturated rings. The molecule has 4 aromatic carbocycles. The van der Waals surface area contributed by atoms with Crippen molar-refractivity contribution in [1.82, 2.24) is 10.6 Å². The predicted octanol–water partition coefficient (Wildman–Crippen LogP) is 5.26. The number of hydrogen-bond donors (Lipinski definition) is 3. The molecule has 5 rings (SSSR count). The monoisotopic (exact) mass is 534 g/mol. The van der Waals surface area contributed by atoms with Gasteiger partial charge in [0.1, 0.15) is 17.2 Å². The molecule has 0 saturated carbocycles. The van der Waals surface area contributed by atoms with Gasteiger partial charge in [-0.15, -0.1) is 0 Å². The Kier molecular flexibility index (Phi) is 8.91. The molecular formula is C34H34N2O4. The molecule has 6 nitrogen and oxygen atoms in total. The van der Waals surface area contributed by atoms with Gasteiger partial charge in [0.2, 0.25) is 0 Å². The molecule has 0 saturated heterocycles. The Hall–Kier alpha value is -4.39. The maximum absolute atomic E-state index is 13.8. The van der Waals surface area contributed by atoms with Gasteiger partial charge in [0.25, 0.3) is 5.91 Å². The zero-order valence-electron chi connectivity index (χ0n) is 22.5. The summed E-state index contributed by atoms with van der Waals surface area (Å²) in [5.41, 5.74) is 4.25. The number of aliphatic hydroxyl groups excluding tert-OH is 1. The number of aliphatic hydroxyl groups is 1. The van der Waals surface area contributed by atoms with Gasteiger partial charge < -0.3 is 25.2 Å². The second kappa shape index (κ2) is 13.1. The van der Waals surface area contributed by atoms with Crippen LogP contribution in [-0.2, 0) is 17.6 Å². The van der Waals surface area contributed by atoms with Crippen LogP contribution in [0.25, 0.3) is 11.6 Å². The second-order valence-corrected chi connectivity index (χ2v) is 9.83. The van der Waals surface area contributed by atoms with Gasteiger partial charge in [-0.3, -0.25) is 4.79 Å². The minimum absolute atomic E-state index is 0.258. The van der Waals surface area contributed by atoms with Crippen LogP contribution in [0.15, 0.2) is 103 Å². The molecule has 40 heavy (non-hydrogen) atoms. The van der Waals surface area contributed by atoms with E-state index in [2.05, 4.69) is 10.6 Å². The van der Waals surface area contributed by atoms with Gasteiger partial charge in [0, 0.05) is 17.7 Å². The summed E-state index contributed by atoms with van der Waals surface area (Å²) >= 11 is 0. The fourth-order valence-electron chi connectivity index (χ4n) is 4.83.